The highest BCUT2D eigenvalue weighted by Crippen LogP contribution is 2.37. The molecule has 0 saturated heterocycles. The molecule has 4 rings (SSSR count). The van der Waals surface area contributed by atoms with Crippen molar-refractivity contribution in [2.45, 2.75) is 24.3 Å². The molecule has 3 aromatic carbocycles. The maximum atomic E-state index is 12.2. The lowest BCUT2D eigenvalue weighted by molar-refractivity contribution is -0.147. The molecule has 188 valence electrons. The average molecular weight is 579 g/mol. The van der Waals surface area contributed by atoms with Crippen LogP contribution < -0.4 is 0 Å². The summed E-state index contributed by atoms with van der Waals surface area (Å²) in [6, 6.07) is 24.6. The van der Waals surface area contributed by atoms with Crippen molar-refractivity contribution in [1.82, 2.24) is 4.98 Å². The summed E-state index contributed by atoms with van der Waals surface area (Å²) in [6.45, 7) is 1.39. The first-order valence-corrected chi connectivity index (χ1v) is 13.0. The number of hydrogen-bond acceptors (Lipinski definition) is 5. The Bertz CT molecular complexity index is 1470. The van der Waals surface area contributed by atoms with Crippen LogP contribution in [-0.2, 0) is 14.3 Å². The maximum absolute atomic E-state index is 12.2. The summed E-state index contributed by atoms with van der Waals surface area (Å²) >= 11 is 9.81. The van der Waals surface area contributed by atoms with Crippen LogP contribution in [0.25, 0.3) is 23.1 Å². The number of carbonyl (C=O) groups excluding carboxylic acids is 2. The lowest BCUT2D eigenvalue weighted by Crippen LogP contribution is -2.13. The number of esters is 2. The summed E-state index contributed by atoms with van der Waals surface area (Å²) in [6.07, 6.45) is 3.79. The predicted octanol–water partition coefficient (Wildman–Crippen LogP) is 7.98. The second-order valence-corrected chi connectivity index (χ2v) is 10.00. The molecule has 0 fully saturated rings. The van der Waals surface area contributed by atoms with Gasteiger partial charge in [-0.3, -0.25) is 4.79 Å². The van der Waals surface area contributed by atoms with Gasteiger partial charge in [0.15, 0.2) is 0 Å². The first kappa shape index (κ1) is 26.6. The van der Waals surface area contributed by atoms with E-state index in [1.165, 1.54) is 14.0 Å². The normalized spacial score (nSPS) is 12.9. The molecule has 0 bridgehead atoms. The monoisotopic (exact) mass is 577 g/mol. The number of hydrogen-bond donors (Lipinski definition) is 0. The van der Waals surface area contributed by atoms with Gasteiger partial charge in [-0.05, 0) is 53.1 Å². The van der Waals surface area contributed by atoms with E-state index in [1.54, 1.807) is 12.1 Å². The molecule has 0 amide bonds. The van der Waals surface area contributed by atoms with Gasteiger partial charge in [-0.15, -0.1) is 0 Å². The van der Waals surface area contributed by atoms with Crippen molar-refractivity contribution in [2.24, 2.45) is 0 Å². The van der Waals surface area contributed by atoms with Crippen molar-refractivity contribution in [3.05, 3.63) is 112 Å². The van der Waals surface area contributed by atoms with Crippen LogP contribution in [0, 0.1) is 0 Å². The van der Waals surface area contributed by atoms with E-state index in [0.29, 0.717) is 17.0 Å². The molecule has 0 unspecified atom stereocenters. The Morgan fingerprint density at radius 1 is 1.00 bits per heavy atom. The van der Waals surface area contributed by atoms with Gasteiger partial charge >= 0.3 is 11.9 Å². The Hall–Kier alpha value is -3.48. The van der Waals surface area contributed by atoms with E-state index in [0.717, 1.165) is 33.3 Å². The zero-order valence-corrected chi connectivity index (χ0v) is 22.7. The van der Waals surface area contributed by atoms with E-state index in [9.17, 15) is 9.59 Å². The standard InChI is InChI=1S/C30H25BrClNO4/c1-19(34)37-29(18-27(31)25-8-3-4-9-26(25)30(35)36-2)22-7-5-6-20(16-22)10-14-24-15-12-21-11-13-23(32)17-28(21)33-24/h3-17,27,29H,18H2,1-2H3/b14-10+/t27-,29+/m1/s1. The van der Waals surface area contributed by atoms with Crippen LogP contribution in [0.4, 0.5) is 0 Å². The smallest absolute Gasteiger partial charge is 0.338 e. The van der Waals surface area contributed by atoms with Crippen molar-refractivity contribution in [3.63, 3.8) is 0 Å². The van der Waals surface area contributed by atoms with E-state index < -0.39 is 12.1 Å². The van der Waals surface area contributed by atoms with Gasteiger partial charge in [-0.25, -0.2) is 9.78 Å². The minimum absolute atomic E-state index is 0.250. The first-order valence-electron chi connectivity index (χ1n) is 11.7. The highest BCUT2D eigenvalue weighted by Gasteiger charge is 2.24. The Morgan fingerprint density at radius 3 is 2.57 bits per heavy atom. The van der Waals surface area contributed by atoms with Gasteiger partial charge in [0.05, 0.1) is 23.9 Å². The molecular weight excluding hydrogens is 554 g/mol. The fraction of sp³-hybridized carbons (Fsp3) is 0.167. The molecule has 2 atom stereocenters. The molecule has 1 aromatic heterocycles. The summed E-state index contributed by atoms with van der Waals surface area (Å²) < 4.78 is 10.6. The molecule has 0 aliphatic heterocycles. The molecular formula is C30H25BrClNO4. The topological polar surface area (TPSA) is 65.5 Å². The predicted molar refractivity (Wildman–Crippen MR) is 151 cm³/mol. The third kappa shape index (κ3) is 6.85. The highest BCUT2D eigenvalue weighted by atomic mass is 79.9. The molecule has 1 heterocycles. The zero-order valence-electron chi connectivity index (χ0n) is 20.4. The van der Waals surface area contributed by atoms with Crippen molar-refractivity contribution in [1.29, 1.82) is 0 Å². The van der Waals surface area contributed by atoms with E-state index >= 15 is 0 Å². The molecule has 0 aliphatic carbocycles. The average Bonchev–Trinajstić information content (AvgIpc) is 2.90. The van der Waals surface area contributed by atoms with Crippen molar-refractivity contribution < 1.29 is 19.1 Å². The molecule has 0 saturated carbocycles. The van der Waals surface area contributed by atoms with Crippen LogP contribution in [-0.4, -0.2) is 24.0 Å². The summed E-state index contributed by atoms with van der Waals surface area (Å²) in [5, 5.41) is 1.66. The van der Waals surface area contributed by atoms with Gasteiger partial charge in [0.25, 0.3) is 0 Å². The van der Waals surface area contributed by atoms with Gasteiger partial charge in [-0.1, -0.05) is 82.1 Å². The molecule has 0 aliphatic rings. The third-order valence-electron chi connectivity index (χ3n) is 5.84. The molecule has 0 spiro atoms. The number of halogens is 2. The van der Waals surface area contributed by atoms with Crippen LogP contribution in [0.2, 0.25) is 5.02 Å². The third-order valence-corrected chi connectivity index (χ3v) is 6.94. The van der Waals surface area contributed by atoms with Crippen LogP contribution in [0.5, 0.6) is 0 Å². The number of aromatic nitrogens is 1. The fourth-order valence-electron chi connectivity index (χ4n) is 4.08. The molecule has 7 heteroatoms. The van der Waals surface area contributed by atoms with Crippen molar-refractivity contribution in [2.75, 3.05) is 7.11 Å². The number of benzene rings is 3. The summed E-state index contributed by atoms with van der Waals surface area (Å²) in [4.78, 5) is 28.6. The summed E-state index contributed by atoms with van der Waals surface area (Å²) in [5.41, 5.74) is 4.64. The fourth-order valence-corrected chi connectivity index (χ4v) is 4.98. The first-order chi connectivity index (χ1) is 17.8. The lowest BCUT2D eigenvalue weighted by atomic mass is 9.96. The van der Waals surface area contributed by atoms with E-state index in [-0.39, 0.29) is 10.8 Å². The quantitative estimate of drug-likeness (QED) is 0.157. The van der Waals surface area contributed by atoms with E-state index in [1.807, 2.05) is 78.9 Å². The molecule has 0 radical (unpaired) electrons. The Morgan fingerprint density at radius 2 is 1.78 bits per heavy atom. The number of ether oxygens (including phenoxy) is 2. The van der Waals surface area contributed by atoms with Crippen LogP contribution >= 0.6 is 27.5 Å². The molecule has 37 heavy (non-hydrogen) atoms. The van der Waals surface area contributed by atoms with Crippen LogP contribution in [0.15, 0.2) is 78.9 Å². The summed E-state index contributed by atoms with van der Waals surface area (Å²) in [7, 11) is 1.35. The number of methoxy groups -OCH3 is 1. The van der Waals surface area contributed by atoms with Gasteiger partial charge in [-0.2, -0.15) is 0 Å². The zero-order chi connectivity index (χ0) is 26.4. The lowest BCUT2D eigenvalue weighted by Gasteiger charge is -2.22. The largest absolute Gasteiger partial charge is 0.465 e. The van der Waals surface area contributed by atoms with Gasteiger partial charge in [0.2, 0.25) is 0 Å². The van der Waals surface area contributed by atoms with Crippen LogP contribution in [0.1, 0.15) is 57.0 Å². The minimum Gasteiger partial charge on any atom is -0.465 e. The number of pyridine rings is 1. The number of rotatable bonds is 8. The second kappa shape index (κ2) is 12.2. The van der Waals surface area contributed by atoms with Crippen molar-refractivity contribution in [3.8, 4) is 0 Å². The summed E-state index contributed by atoms with van der Waals surface area (Å²) in [5.74, 6) is -0.799. The molecule has 0 N–H and O–H groups in total. The highest BCUT2D eigenvalue weighted by molar-refractivity contribution is 9.09. The number of fused-ring (bicyclic) bond motifs is 1. The number of carbonyl (C=O) groups is 2. The van der Waals surface area contributed by atoms with E-state index in [4.69, 9.17) is 21.1 Å². The van der Waals surface area contributed by atoms with Crippen molar-refractivity contribution >= 4 is 62.5 Å². The Labute approximate surface area is 229 Å². The Kier molecular flexibility index (Phi) is 8.74. The van der Waals surface area contributed by atoms with Crippen LogP contribution in [0.3, 0.4) is 0 Å². The molecule has 5 nitrogen and oxygen atoms in total. The molecule has 4 aromatic rings. The number of alkyl halides is 1. The van der Waals surface area contributed by atoms with Gasteiger partial charge in [0.1, 0.15) is 6.10 Å². The Balaban J connectivity index is 1.58. The van der Waals surface area contributed by atoms with Gasteiger partial charge < -0.3 is 9.47 Å². The SMILES string of the molecule is COC(=O)c1ccccc1[C@H](Br)C[C@H](OC(C)=O)c1cccc(/C=C/c2ccc3ccc(Cl)cc3n2)c1. The van der Waals surface area contributed by atoms with E-state index in [2.05, 4.69) is 20.9 Å². The second-order valence-electron chi connectivity index (χ2n) is 8.46. The minimum atomic E-state index is -0.526. The van der Waals surface area contributed by atoms with Gasteiger partial charge in [0, 0.05) is 28.6 Å². The number of nitrogens with zero attached hydrogens (tertiary/aromatic N) is 1. The maximum Gasteiger partial charge on any atom is 0.338 e.